The standard InChI is InChI=1S/C21H19N5/c1-15-20(13-24-21-18(11-22)9-6-10-19(21)12-23)16(2)26(25-15)14-17-7-4-3-5-8-17/h3-10,24H,13-14H2,1-2H3. The van der Waals surface area contributed by atoms with Gasteiger partial charge in [-0.15, -0.1) is 0 Å². The maximum atomic E-state index is 9.30. The summed E-state index contributed by atoms with van der Waals surface area (Å²) in [5, 5.41) is 26.5. The molecular weight excluding hydrogens is 322 g/mol. The molecule has 0 amide bonds. The van der Waals surface area contributed by atoms with E-state index in [-0.39, 0.29) is 0 Å². The predicted molar refractivity (Wildman–Crippen MR) is 100 cm³/mol. The number of hydrogen-bond donors (Lipinski definition) is 1. The topological polar surface area (TPSA) is 77.4 Å². The fourth-order valence-corrected chi connectivity index (χ4v) is 3.01. The van der Waals surface area contributed by atoms with E-state index < -0.39 is 0 Å². The highest BCUT2D eigenvalue weighted by Gasteiger charge is 2.14. The maximum Gasteiger partial charge on any atom is 0.101 e. The lowest BCUT2D eigenvalue weighted by Gasteiger charge is -2.11. The van der Waals surface area contributed by atoms with Gasteiger partial charge in [0, 0.05) is 17.8 Å². The predicted octanol–water partition coefficient (Wildman–Crippen LogP) is 3.90. The smallest absolute Gasteiger partial charge is 0.101 e. The third-order valence-corrected chi connectivity index (χ3v) is 4.45. The number of rotatable bonds is 5. The fourth-order valence-electron chi connectivity index (χ4n) is 3.01. The molecule has 5 nitrogen and oxygen atoms in total. The first kappa shape index (κ1) is 17.3. The summed E-state index contributed by atoms with van der Waals surface area (Å²) in [5.74, 6) is 0. The van der Waals surface area contributed by atoms with Gasteiger partial charge >= 0.3 is 0 Å². The second-order valence-electron chi connectivity index (χ2n) is 6.10. The van der Waals surface area contributed by atoms with E-state index >= 15 is 0 Å². The first-order chi connectivity index (χ1) is 12.6. The zero-order valence-corrected chi connectivity index (χ0v) is 14.8. The molecule has 0 aliphatic rings. The highest BCUT2D eigenvalue weighted by molar-refractivity contribution is 5.66. The van der Waals surface area contributed by atoms with Crippen LogP contribution in [0.3, 0.4) is 0 Å². The minimum Gasteiger partial charge on any atom is -0.379 e. The maximum absolute atomic E-state index is 9.30. The molecule has 0 aliphatic carbocycles. The van der Waals surface area contributed by atoms with Gasteiger partial charge in [-0.05, 0) is 31.5 Å². The number of aromatic nitrogens is 2. The van der Waals surface area contributed by atoms with E-state index in [1.165, 1.54) is 5.56 Å². The van der Waals surface area contributed by atoms with Crippen molar-refractivity contribution in [3.8, 4) is 12.1 Å². The average Bonchev–Trinajstić information content (AvgIpc) is 2.93. The van der Waals surface area contributed by atoms with Crippen LogP contribution in [0.25, 0.3) is 0 Å². The van der Waals surface area contributed by atoms with Crippen molar-refractivity contribution in [1.82, 2.24) is 9.78 Å². The molecule has 3 aromatic rings. The molecule has 0 unspecified atom stereocenters. The number of nitrogens with one attached hydrogen (secondary N) is 1. The lowest BCUT2D eigenvalue weighted by Crippen LogP contribution is -2.07. The second kappa shape index (κ2) is 7.55. The fraction of sp³-hybridized carbons (Fsp3) is 0.190. The molecule has 1 aromatic heterocycles. The van der Waals surface area contributed by atoms with Gasteiger partial charge in [0.15, 0.2) is 0 Å². The summed E-state index contributed by atoms with van der Waals surface area (Å²) in [5.41, 5.74) is 5.81. The lowest BCUT2D eigenvalue weighted by atomic mass is 10.1. The van der Waals surface area contributed by atoms with Crippen molar-refractivity contribution in [3.63, 3.8) is 0 Å². The van der Waals surface area contributed by atoms with Crippen LogP contribution in [0, 0.1) is 36.5 Å². The van der Waals surface area contributed by atoms with E-state index in [4.69, 9.17) is 0 Å². The number of nitrogens with zero attached hydrogens (tertiary/aromatic N) is 4. The van der Waals surface area contributed by atoms with Crippen LogP contribution in [0.4, 0.5) is 5.69 Å². The quantitative estimate of drug-likeness (QED) is 0.763. The Labute approximate surface area is 153 Å². The van der Waals surface area contributed by atoms with Crippen LogP contribution in [-0.2, 0) is 13.1 Å². The van der Waals surface area contributed by atoms with Gasteiger partial charge in [-0.2, -0.15) is 15.6 Å². The van der Waals surface area contributed by atoms with Crippen LogP contribution in [0.5, 0.6) is 0 Å². The van der Waals surface area contributed by atoms with Gasteiger partial charge < -0.3 is 5.32 Å². The van der Waals surface area contributed by atoms with Crippen molar-refractivity contribution < 1.29 is 0 Å². The summed E-state index contributed by atoms with van der Waals surface area (Å²) < 4.78 is 1.99. The Bertz CT molecular complexity index is 971. The van der Waals surface area contributed by atoms with E-state index in [0.29, 0.717) is 29.9 Å². The Kier molecular flexibility index (Phi) is 5.01. The zero-order chi connectivity index (χ0) is 18.5. The minimum absolute atomic E-state index is 0.469. The molecule has 0 aliphatic heterocycles. The SMILES string of the molecule is Cc1nn(Cc2ccccc2)c(C)c1CNc1c(C#N)cccc1C#N. The number of nitriles is 2. The Hall–Kier alpha value is -3.57. The van der Waals surface area contributed by atoms with Gasteiger partial charge in [-0.25, -0.2) is 0 Å². The Morgan fingerprint density at radius 3 is 2.23 bits per heavy atom. The van der Waals surface area contributed by atoms with E-state index in [9.17, 15) is 10.5 Å². The van der Waals surface area contributed by atoms with Gasteiger partial charge in [-0.1, -0.05) is 36.4 Å². The normalized spacial score (nSPS) is 10.2. The highest BCUT2D eigenvalue weighted by Crippen LogP contribution is 2.22. The van der Waals surface area contributed by atoms with Crippen molar-refractivity contribution in [2.24, 2.45) is 0 Å². The summed E-state index contributed by atoms with van der Waals surface area (Å²) in [7, 11) is 0. The first-order valence-corrected chi connectivity index (χ1v) is 8.38. The van der Waals surface area contributed by atoms with Crippen molar-refractivity contribution in [3.05, 3.63) is 82.2 Å². The lowest BCUT2D eigenvalue weighted by molar-refractivity contribution is 0.658. The summed E-state index contributed by atoms with van der Waals surface area (Å²) in [4.78, 5) is 0. The summed E-state index contributed by atoms with van der Waals surface area (Å²) in [6.07, 6.45) is 0. The largest absolute Gasteiger partial charge is 0.379 e. The summed E-state index contributed by atoms with van der Waals surface area (Å²) in [6.45, 7) is 5.25. The number of benzene rings is 2. The third-order valence-electron chi connectivity index (χ3n) is 4.45. The van der Waals surface area contributed by atoms with Crippen molar-refractivity contribution in [2.75, 3.05) is 5.32 Å². The van der Waals surface area contributed by atoms with Crippen molar-refractivity contribution >= 4 is 5.69 Å². The van der Waals surface area contributed by atoms with Crippen LogP contribution in [0.15, 0.2) is 48.5 Å². The van der Waals surface area contributed by atoms with Gasteiger partial charge in [-0.3, -0.25) is 4.68 Å². The number of anilines is 1. The minimum atomic E-state index is 0.469. The van der Waals surface area contributed by atoms with Crippen molar-refractivity contribution in [2.45, 2.75) is 26.9 Å². The van der Waals surface area contributed by atoms with E-state index in [2.05, 4.69) is 34.7 Å². The molecule has 0 radical (unpaired) electrons. The summed E-state index contributed by atoms with van der Waals surface area (Å²) >= 11 is 0. The molecule has 0 saturated carbocycles. The monoisotopic (exact) mass is 341 g/mol. The van der Waals surface area contributed by atoms with Gasteiger partial charge in [0.1, 0.15) is 12.1 Å². The molecule has 3 rings (SSSR count). The van der Waals surface area contributed by atoms with Crippen LogP contribution in [-0.4, -0.2) is 9.78 Å². The molecule has 0 bridgehead atoms. The van der Waals surface area contributed by atoms with Crippen LogP contribution >= 0.6 is 0 Å². The second-order valence-corrected chi connectivity index (χ2v) is 6.10. The molecule has 0 saturated heterocycles. The molecule has 0 atom stereocenters. The molecule has 1 N–H and O–H groups in total. The van der Waals surface area contributed by atoms with E-state index in [1.807, 2.05) is 36.7 Å². The van der Waals surface area contributed by atoms with Gasteiger partial charge in [0.05, 0.1) is 29.1 Å². The molecular formula is C21H19N5. The molecule has 2 aromatic carbocycles. The molecule has 0 spiro atoms. The molecule has 1 heterocycles. The van der Waals surface area contributed by atoms with Gasteiger partial charge in [0.25, 0.3) is 0 Å². The van der Waals surface area contributed by atoms with Crippen LogP contribution in [0.1, 0.15) is 33.6 Å². The molecule has 5 heteroatoms. The Morgan fingerprint density at radius 2 is 1.62 bits per heavy atom. The first-order valence-electron chi connectivity index (χ1n) is 8.38. The van der Waals surface area contributed by atoms with E-state index in [0.717, 1.165) is 17.0 Å². The third kappa shape index (κ3) is 3.43. The zero-order valence-electron chi connectivity index (χ0n) is 14.8. The van der Waals surface area contributed by atoms with E-state index in [1.54, 1.807) is 18.2 Å². The average molecular weight is 341 g/mol. The van der Waals surface area contributed by atoms with Crippen LogP contribution < -0.4 is 5.32 Å². The summed E-state index contributed by atoms with van der Waals surface area (Å²) in [6, 6.07) is 19.6. The number of hydrogen-bond acceptors (Lipinski definition) is 4. The number of para-hydroxylation sites is 1. The molecule has 0 fully saturated rings. The van der Waals surface area contributed by atoms with Crippen molar-refractivity contribution in [1.29, 1.82) is 10.5 Å². The molecule has 26 heavy (non-hydrogen) atoms. The number of aryl methyl sites for hydroxylation is 1. The van der Waals surface area contributed by atoms with Gasteiger partial charge in [0.2, 0.25) is 0 Å². The Balaban J connectivity index is 1.84. The molecule has 128 valence electrons. The Morgan fingerprint density at radius 1 is 0.962 bits per heavy atom. The van der Waals surface area contributed by atoms with Crippen LogP contribution in [0.2, 0.25) is 0 Å². The highest BCUT2D eigenvalue weighted by atomic mass is 15.3.